The van der Waals surface area contributed by atoms with Gasteiger partial charge in [0.1, 0.15) is 0 Å². The predicted octanol–water partition coefficient (Wildman–Crippen LogP) is 0.627. The molecule has 0 heterocycles. The van der Waals surface area contributed by atoms with E-state index in [0.29, 0.717) is 0 Å². The average Bonchev–Trinajstić information content (AvgIpc) is 3.00. The summed E-state index contributed by atoms with van der Waals surface area (Å²) in [4.78, 5) is 0. The van der Waals surface area contributed by atoms with E-state index in [2.05, 4.69) is 78.0 Å². The monoisotopic (exact) mass is 474 g/mol. The van der Waals surface area contributed by atoms with Gasteiger partial charge >= 0.3 is 164 Å². The van der Waals surface area contributed by atoms with Crippen LogP contribution in [0.2, 0.25) is 0 Å². The van der Waals surface area contributed by atoms with Crippen molar-refractivity contribution in [1.29, 1.82) is 0 Å². The minimum absolute atomic E-state index is 0. The SMILES string of the molecule is CC1=Cc2c(C)cc(C)cc2[CH]1[Zr+2][CH]1C(C)=Cc2c(C)cc(C)cc21.[Cl-].[Cl-]. The number of hydrogen-bond acceptors (Lipinski definition) is 0. The summed E-state index contributed by atoms with van der Waals surface area (Å²) >= 11 is -0.693. The summed E-state index contributed by atoms with van der Waals surface area (Å²) < 4.78 is 1.44. The molecule has 0 saturated carbocycles. The fraction of sp³-hybridized carbons (Fsp3) is 0.333. The van der Waals surface area contributed by atoms with Gasteiger partial charge in [-0.15, -0.1) is 0 Å². The molecule has 0 saturated heterocycles. The molecule has 0 fully saturated rings. The van der Waals surface area contributed by atoms with Crippen LogP contribution in [0.4, 0.5) is 0 Å². The maximum atomic E-state index is 2.46. The Labute approximate surface area is 187 Å². The average molecular weight is 477 g/mol. The summed E-state index contributed by atoms with van der Waals surface area (Å²) in [6, 6.07) is 9.58. The molecule has 0 nitrogen and oxygen atoms in total. The Hall–Kier alpha value is -0.617. The van der Waals surface area contributed by atoms with Gasteiger partial charge in [0.25, 0.3) is 0 Å². The summed E-state index contributed by atoms with van der Waals surface area (Å²) in [7, 11) is 0. The molecule has 2 atom stereocenters. The van der Waals surface area contributed by atoms with Crippen molar-refractivity contribution in [2.45, 2.75) is 48.8 Å². The quantitative estimate of drug-likeness (QED) is 0.597. The van der Waals surface area contributed by atoms with E-state index in [1.165, 1.54) is 33.4 Å². The van der Waals surface area contributed by atoms with Crippen molar-refractivity contribution in [3.05, 3.63) is 79.9 Å². The molecule has 4 rings (SSSR count). The second-order valence-electron chi connectivity index (χ2n) is 7.98. The predicted molar refractivity (Wildman–Crippen MR) is 105 cm³/mol. The number of halogens is 2. The standard InChI is InChI=1S/2C12H13.2ClH.Zr/c2*1-8-4-10(3)12-7-9(2)6-11(12)5-8;;;/h2*4-7H,1-3H3;2*1H;/q;;;;+2/p-2. The van der Waals surface area contributed by atoms with Crippen molar-refractivity contribution in [2.75, 3.05) is 0 Å². The molecule has 0 aliphatic heterocycles. The summed E-state index contributed by atoms with van der Waals surface area (Å²) in [5, 5.41) is 0. The van der Waals surface area contributed by atoms with E-state index in [4.69, 9.17) is 0 Å². The normalized spacial score (nSPS) is 19.2. The molecular weight excluding hydrogens is 450 g/mol. The van der Waals surface area contributed by atoms with Crippen molar-refractivity contribution in [1.82, 2.24) is 0 Å². The second-order valence-corrected chi connectivity index (χ2v) is 11.6. The van der Waals surface area contributed by atoms with E-state index in [1.807, 2.05) is 0 Å². The Kier molecular flexibility index (Phi) is 7.05. The number of allylic oxidation sites excluding steroid dienone is 2. The zero-order valence-electron chi connectivity index (χ0n) is 16.9. The molecule has 0 N–H and O–H groups in total. The van der Waals surface area contributed by atoms with Crippen molar-refractivity contribution in [2.24, 2.45) is 0 Å². The van der Waals surface area contributed by atoms with Gasteiger partial charge in [-0.1, -0.05) is 0 Å². The summed E-state index contributed by atoms with van der Waals surface area (Å²) in [5.74, 6) is 0. The van der Waals surface area contributed by atoms with Gasteiger partial charge in [0, 0.05) is 0 Å². The van der Waals surface area contributed by atoms with Gasteiger partial charge in [-0.3, -0.25) is 0 Å². The summed E-state index contributed by atoms with van der Waals surface area (Å²) in [5.41, 5.74) is 15.2. The minimum Gasteiger partial charge on any atom is -1.00 e. The first-order valence-corrected chi connectivity index (χ1v) is 12.0. The molecule has 0 bridgehead atoms. The molecule has 2 aromatic rings. The Morgan fingerprint density at radius 3 is 1.33 bits per heavy atom. The number of benzene rings is 2. The fourth-order valence-corrected chi connectivity index (χ4v) is 9.20. The van der Waals surface area contributed by atoms with E-state index in [0.717, 1.165) is 7.25 Å². The Morgan fingerprint density at radius 2 is 0.963 bits per heavy atom. The second kappa shape index (κ2) is 8.40. The van der Waals surface area contributed by atoms with Crippen LogP contribution in [0, 0.1) is 27.7 Å². The number of rotatable bonds is 2. The number of fused-ring (bicyclic) bond motifs is 2. The zero-order valence-corrected chi connectivity index (χ0v) is 20.8. The van der Waals surface area contributed by atoms with Crippen LogP contribution in [0.3, 0.4) is 0 Å². The molecule has 0 spiro atoms. The van der Waals surface area contributed by atoms with Crippen LogP contribution in [0.5, 0.6) is 0 Å². The van der Waals surface area contributed by atoms with Crippen LogP contribution in [0.25, 0.3) is 12.2 Å². The van der Waals surface area contributed by atoms with Crippen LogP contribution in [-0.4, -0.2) is 0 Å². The maximum absolute atomic E-state index is 2.46. The van der Waals surface area contributed by atoms with Crippen LogP contribution in [0.15, 0.2) is 35.4 Å². The van der Waals surface area contributed by atoms with Crippen LogP contribution >= 0.6 is 0 Å². The van der Waals surface area contributed by atoms with Gasteiger partial charge in [-0.05, 0) is 0 Å². The minimum atomic E-state index is -0.693. The van der Waals surface area contributed by atoms with E-state index in [1.54, 1.807) is 22.3 Å². The Bertz CT molecular complexity index is 876. The molecule has 0 amide bonds. The smallest absolute Gasteiger partial charge is 1.00 e. The first-order chi connectivity index (χ1) is 11.8. The molecule has 0 radical (unpaired) electrons. The zero-order chi connectivity index (χ0) is 17.9. The molecule has 2 unspecified atom stereocenters. The van der Waals surface area contributed by atoms with Gasteiger partial charge in [-0.2, -0.15) is 0 Å². The van der Waals surface area contributed by atoms with Gasteiger partial charge < -0.3 is 24.8 Å². The van der Waals surface area contributed by atoms with Crippen molar-refractivity contribution >= 4 is 12.2 Å². The molecule has 0 aromatic heterocycles. The number of hydrogen-bond donors (Lipinski definition) is 0. The maximum Gasteiger partial charge on any atom is -1.00 e. The van der Waals surface area contributed by atoms with E-state index >= 15 is 0 Å². The number of aryl methyl sites for hydroxylation is 4. The summed E-state index contributed by atoms with van der Waals surface area (Å²) in [6.45, 7) is 13.7. The van der Waals surface area contributed by atoms with Gasteiger partial charge in [0.05, 0.1) is 0 Å². The molecular formula is C24H26Cl2Zr. The van der Waals surface area contributed by atoms with E-state index in [-0.39, 0.29) is 24.8 Å². The molecule has 3 heteroatoms. The van der Waals surface area contributed by atoms with Crippen LogP contribution < -0.4 is 24.8 Å². The van der Waals surface area contributed by atoms with Gasteiger partial charge in [-0.25, -0.2) is 0 Å². The third-order valence-corrected chi connectivity index (χ3v) is 11.1. The Morgan fingerprint density at radius 1 is 0.593 bits per heavy atom. The van der Waals surface area contributed by atoms with Crippen LogP contribution in [0.1, 0.15) is 65.6 Å². The van der Waals surface area contributed by atoms with Crippen LogP contribution in [-0.2, 0) is 23.2 Å². The fourth-order valence-electron chi connectivity index (χ4n) is 4.62. The topological polar surface area (TPSA) is 0 Å². The van der Waals surface area contributed by atoms with E-state index < -0.39 is 23.2 Å². The van der Waals surface area contributed by atoms with Gasteiger partial charge in [0.15, 0.2) is 0 Å². The molecule has 2 aliphatic carbocycles. The van der Waals surface area contributed by atoms with Crippen molar-refractivity contribution < 1.29 is 48.0 Å². The molecule has 2 aliphatic rings. The van der Waals surface area contributed by atoms with Crippen molar-refractivity contribution in [3.63, 3.8) is 0 Å². The van der Waals surface area contributed by atoms with E-state index in [9.17, 15) is 0 Å². The molecule has 140 valence electrons. The van der Waals surface area contributed by atoms with Crippen molar-refractivity contribution in [3.8, 4) is 0 Å². The summed E-state index contributed by atoms with van der Waals surface area (Å²) in [6.07, 6.45) is 4.93. The third kappa shape index (κ3) is 3.94. The first kappa shape index (κ1) is 22.7. The third-order valence-electron chi connectivity index (χ3n) is 5.74. The first-order valence-electron chi connectivity index (χ1n) is 9.20. The molecule has 2 aromatic carbocycles. The van der Waals surface area contributed by atoms with Gasteiger partial charge in [0.2, 0.25) is 0 Å². The Balaban J connectivity index is 0.00000131. The largest absolute Gasteiger partial charge is 1.00 e. The molecule has 27 heavy (non-hydrogen) atoms.